The number of rotatable bonds is 4. The number of aliphatic carboxylic acids is 1. The summed E-state index contributed by atoms with van der Waals surface area (Å²) in [6.45, 7) is 17.2. The van der Waals surface area contributed by atoms with E-state index in [0.29, 0.717) is 39.9 Å². The molecule has 9 atom stereocenters. The van der Waals surface area contributed by atoms with E-state index >= 15 is 0 Å². The predicted molar refractivity (Wildman–Crippen MR) is 142 cm³/mol. The third-order valence-electron chi connectivity index (χ3n) is 13.8. The van der Waals surface area contributed by atoms with Crippen molar-refractivity contribution in [3.63, 3.8) is 0 Å². The number of carbonyl (C=O) groups is 2. The summed E-state index contributed by atoms with van der Waals surface area (Å²) in [4.78, 5) is 24.9. The van der Waals surface area contributed by atoms with Crippen LogP contribution in [0, 0.1) is 62.6 Å². The minimum absolute atomic E-state index is 0.211. The largest absolute Gasteiger partial charge is 0.479 e. The first-order chi connectivity index (χ1) is 16.7. The summed E-state index contributed by atoms with van der Waals surface area (Å²) in [5, 5.41) is 9.21. The fraction of sp³-hybridized carbons (Fsp3) is 0.938. The van der Waals surface area contributed by atoms with Crippen LogP contribution in [0.4, 0.5) is 0 Å². The number of ether oxygens (including phenoxy) is 1. The standard InChI is InChI=1S/C32H52O4/c1-20(2)21-11-16-32(27(35)36-19-25(33)34)18-17-30(6)22(26(21)32)9-10-24-29(5)14-8-13-28(3,4)23(29)12-15-31(24,30)7/h20-24,26H,8-19H2,1-7H3,(H,33,34)/t21-,22?,23?,24?,26?,29-,30+,31+,32-/m0/s1. The van der Waals surface area contributed by atoms with Crippen molar-refractivity contribution in [1.29, 1.82) is 0 Å². The van der Waals surface area contributed by atoms with Crippen molar-refractivity contribution in [2.75, 3.05) is 6.61 Å². The van der Waals surface area contributed by atoms with Crippen molar-refractivity contribution in [2.24, 2.45) is 62.6 Å². The first-order valence-corrected chi connectivity index (χ1v) is 15.1. The molecule has 0 spiro atoms. The van der Waals surface area contributed by atoms with Crippen molar-refractivity contribution in [3.05, 3.63) is 0 Å². The molecule has 4 heteroatoms. The Kier molecular flexibility index (Phi) is 6.24. The Morgan fingerprint density at radius 2 is 1.56 bits per heavy atom. The van der Waals surface area contributed by atoms with Crippen molar-refractivity contribution < 1.29 is 19.4 Å². The zero-order valence-corrected chi connectivity index (χ0v) is 24.1. The molecule has 0 bridgehead atoms. The topological polar surface area (TPSA) is 63.6 Å². The molecule has 5 rings (SSSR count). The molecule has 0 radical (unpaired) electrons. The quantitative estimate of drug-likeness (QED) is 0.401. The van der Waals surface area contributed by atoms with E-state index in [-0.39, 0.29) is 11.4 Å². The predicted octanol–water partition coefficient (Wildman–Crippen LogP) is 7.74. The fourth-order valence-corrected chi connectivity index (χ4v) is 12.1. The number of carboxylic acid groups (broad SMARTS) is 1. The zero-order valence-electron chi connectivity index (χ0n) is 24.1. The SMILES string of the molecule is CC(C)[C@@H]1CC[C@]2(C(=O)OCC(=O)O)CC[C@]3(C)C(CCC4[C@@]5(C)CCCC(C)(C)C5CC[C@]43C)C12. The highest BCUT2D eigenvalue weighted by Gasteiger charge is 2.71. The second-order valence-corrected chi connectivity index (χ2v) is 15.6. The van der Waals surface area contributed by atoms with Gasteiger partial charge in [0.05, 0.1) is 5.41 Å². The maximum absolute atomic E-state index is 13.6. The Morgan fingerprint density at radius 3 is 2.22 bits per heavy atom. The first kappa shape index (κ1) is 26.5. The molecule has 5 aliphatic carbocycles. The van der Waals surface area contributed by atoms with Crippen LogP contribution < -0.4 is 0 Å². The highest BCUT2D eigenvalue weighted by atomic mass is 16.6. The third-order valence-corrected chi connectivity index (χ3v) is 13.8. The van der Waals surface area contributed by atoms with Gasteiger partial charge in [-0.05, 0) is 121 Å². The van der Waals surface area contributed by atoms with Crippen molar-refractivity contribution in [1.82, 2.24) is 0 Å². The van der Waals surface area contributed by atoms with Gasteiger partial charge in [0, 0.05) is 0 Å². The molecule has 204 valence electrons. The van der Waals surface area contributed by atoms with E-state index in [9.17, 15) is 14.7 Å². The van der Waals surface area contributed by atoms with Crippen LogP contribution in [-0.4, -0.2) is 23.7 Å². The summed E-state index contributed by atoms with van der Waals surface area (Å²) in [5.74, 6) is 2.22. The molecule has 5 fully saturated rings. The van der Waals surface area contributed by atoms with Crippen LogP contribution in [0.1, 0.15) is 119 Å². The maximum atomic E-state index is 13.6. The number of hydrogen-bond donors (Lipinski definition) is 1. The third kappa shape index (κ3) is 3.43. The molecule has 36 heavy (non-hydrogen) atoms. The monoisotopic (exact) mass is 500 g/mol. The Morgan fingerprint density at radius 1 is 0.833 bits per heavy atom. The molecule has 5 aliphatic rings. The van der Waals surface area contributed by atoms with Crippen molar-refractivity contribution in [3.8, 4) is 0 Å². The molecular weight excluding hydrogens is 448 g/mol. The highest BCUT2D eigenvalue weighted by Crippen LogP contribution is 2.77. The summed E-state index contributed by atoms with van der Waals surface area (Å²) in [7, 11) is 0. The maximum Gasteiger partial charge on any atom is 0.341 e. The van der Waals surface area contributed by atoms with Gasteiger partial charge in [-0.25, -0.2) is 4.79 Å². The lowest BCUT2D eigenvalue weighted by Crippen LogP contribution is -2.66. The number of carbonyl (C=O) groups excluding carboxylic acids is 1. The molecule has 0 aliphatic heterocycles. The Balaban J connectivity index is 1.52. The van der Waals surface area contributed by atoms with Gasteiger partial charge in [0.2, 0.25) is 0 Å². The second kappa shape index (κ2) is 8.47. The van der Waals surface area contributed by atoms with Gasteiger partial charge in [0.25, 0.3) is 0 Å². The molecule has 5 saturated carbocycles. The Hall–Kier alpha value is -1.06. The van der Waals surface area contributed by atoms with E-state index in [0.717, 1.165) is 37.5 Å². The Labute approximate surface area is 219 Å². The van der Waals surface area contributed by atoms with Gasteiger partial charge in [-0.3, -0.25) is 4.79 Å². The van der Waals surface area contributed by atoms with Gasteiger partial charge in [-0.1, -0.05) is 54.9 Å². The van der Waals surface area contributed by atoms with Crippen LogP contribution in [-0.2, 0) is 14.3 Å². The van der Waals surface area contributed by atoms with E-state index in [4.69, 9.17) is 4.74 Å². The minimum atomic E-state index is -1.05. The lowest BCUT2D eigenvalue weighted by molar-refractivity contribution is -0.240. The summed E-state index contributed by atoms with van der Waals surface area (Å²) in [6.07, 6.45) is 13.2. The van der Waals surface area contributed by atoms with E-state index in [1.807, 2.05) is 0 Å². The molecule has 0 amide bonds. The number of esters is 1. The van der Waals surface area contributed by atoms with Crippen molar-refractivity contribution in [2.45, 2.75) is 119 Å². The molecule has 0 aromatic carbocycles. The van der Waals surface area contributed by atoms with Gasteiger partial charge in [-0.15, -0.1) is 0 Å². The average Bonchev–Trinajstić information content (AvgIpc) is 3.18. The molecule has 4 nitrogen and oxygen atoms in total. The smallest absolute Gasteiger partial charge is 0.341 e. The highest BCUT2D eigenvalue weighted by molar-refractivity contribution is 5.81. The van der Waals surface area contributed by atoms with Gasteiger partial charge in [-0.2, -0.15) is 0 Å². The van der Waals surface area contributed by atoms with Crippen LogP contribution in [0.2, 0.25) is 0 Å². The summed E-state index contributed by atoms with van der Waals surface area (Å²) < 4.78 is 5.49. The molecular formula is C32H52O4. The molecule has 0 saturated heterocycles. The van der Waals surface area contributed by atoms with Crippen LogP contribution >= 0.6 is 0 Å². The molecule has 4 unspecified atom stereocenters. The minimum Gasteiger partial charge on any atom is -0.479 e. The summed E-state index contributed by atoms with van der Waals surface area (Å²) in [6, 6.07) is 0. The van der Waals surface area contributed by atoms with Gasteiger partial charge < -0.3 is 9.84 Å². The fourth-order valence-electron chi connectivity index (χ4n) is 12.1. The lowest BCUT2D eigenvalue weighted by atomic mass is 9.32. The van der Waals surface area contributed by atoms with Gasteiger partial charge in [0.15, 0.2) is 6.61 Å². The first-order valence-electron chi connectivity index (χ1n) is 15.1. The van der Waals surface area contributed by atoms with Crippen LogP contribution in [0.25, 0.3) is 0 Å². The normalized spacial score (nSPS) is 49.4. The molecule has 1 N–H and O–H groups in total. The zero-order chi connectivity index (χ0) is 26.3. The van der Waals surface area contributed by atoms with Crippen LogP contribution in [0.5, 0.6) is 0 Å². The van der Waals surface area contributed by atoms with Gasteiger partial charge in [0.1, 0.15) is 0 Å². The Bertz CT molecular complexity index is 908. The van der Waals surface area contributed by atoms with Gasteiger partial charge >= 0.3 is 11.9 Å². The van der Waals surface area contributed by atoms with Crippen LogP contribution in [0.15, 0.2) is 0 Å². The van der Waals surface area contributed by atoms with E-state index in [1.54, 1.807) is 0 Å². The summed E-state index contributed by atoms with van der Waals surface area (Å²) >= 11 is 0. The van der Waals surface area contributed by atoms with Crippen molar-refractivity contribution >= 4 is 11.9 Å². The molecule has 0 heterocycles. The molecule has 0 aromatic heterocycles. The van der Waals surface area contributed by atoms with E-state index in [1.165, 1.54) is 44.9 Å². The number of hydrogen-bond acceptors (Lipinski definition) is 3. The average molecular weight is 501 g/mol. The number of fused-ring (bicyclic) bond motifs is 7. The molecule has 0 aromatic rings. The van der Waals surface area contributed by atoms with Crippen LogP contribution in [0.3, 0.4) is 0 Å². The lowest BCUT2D eigenvalue weighted by Gasteiger charge is -2.72. The second-order valence-electron chi connectivity index (χ2n) is 15.6. The van der Waals surface area contributed by atoms with E-state index in [2.05, 4.69) is 48.5 Å². The van der Waals surface area contributed by atoms with E-state index < -0.39 is 18.0 Å². The summed E-state index contributed by atoms with van der Waals surface area (Å²) in [5.41, 5.74) is 0.909. The number of carboxylic acids is 1.